The first-order chi connectivity index (χ1) is 16.9. The molecule has 3 aromatic carbocycles. The summed E-state index contributed by atoms with van der Waals surface area (Å²) in [6.07, 6.45) is 0. The number of likely N-dealkylation sites (N-methyl/N-ethyl adjacent to an activating group) is 1. The molecule has 2 aliphatic heterocycles. The molecule has 1 saturated heterocycles. The summed E-state index contributed by atoms with van der Waals surface area (Å²) in [6.45, 7) is 1.22. The Morgan fingerprint density at radius 1 is 1.06 bits per heavy atom. The van der Waals surface area contributed by atoms with E-state index in [0.717, 1.165) is 5.69 Å². The molecule has 8 nitrogen and oxygen atoms in total. The highest BCUT2D eigenvalue weighted by Gasteiger charge is 2.47. The molecule has 0 bridgehead atoms. The lowest BCUT2D eigenvalue weighted by Gasteiger charge is -2.28. The normalized spacial score (nSPS) is 18.7. The molecule has 2 aliphatic rings. The molecule has 1 unspecified atom stereocenters. The molecule has 174 valence electrons. The minimum Gasteiger partial charge on any atom is -0.508 e. The third-order valence-corrected chi connectivity index (χ3v) is 6.26. The van der Waals surface area contributed by atoms with Gasteiger partial charge in [0.05, 0.1) is 35.5 Å². The minimum absolute atomic E-state index is 0.0294. The first-order valence-electron chi connectivity index (χ1n) is 11.0. The fraction of sp³-hybridized carbons (Fsp3) is 0.148. The van der Waals surface area contributed by atoms with Gasteiger partial charge in [0.1, 0.15) is 23.9 Å². The lowest BCUT2D eigenvalue weighted by molar-refractivity contribution is -0.132. The molecule has 35 heavy (non-hydrogen) atoms. The second-order valence-electron chi connectivity index (χ2n) is 8.37. The van der Waals surface area contributed by atoms with Gasteiger partial charge in [-0.25, -0.2) is 0 Å². The number of carbonyl (C=O) groups excluding carboxylic acids is 2. The molecule has 0 aliphatic carbocycles. The zero-order chi connectivity index (χ0) is 24.7. The number of rotatable bonds is 3. The van der Waals surface area contributed by atoms with E-state index in [1.54, 1.807) is 54.6 Å². The largest absolute Gasteiger partial charge is 0.508 e. The van der Waals surface area contributed by atoms with Crippen molar-refractivity contribution in [1.29, 1.82) is 5.26 Å². The maximum atomic E-state index is 13.3. The Morgan fingerprint density at radius 2 is 1.77 bits per heavy atom. The van der Waals surface area contributed by atoms with Crippen LogP contribution in [0.2, 0.25) is 0 Å². The van der Waals surface area contributed by atoms with Crippen LogP contribution in [0.15, 0.2) is 72.3 Å². The lowest BCUT2D eigenvalue weighted by Crippen LogP contribution is -2.29. The van der Waals surface area contributed by atoms with Crippen molar-refractivity contribution in [2.24, 2.45) is 0 Å². The van der Waals surface area contributed by atoms with Crippen LogP contribution in [-0.2, 0) is 9.59 Å². The number of fused-ring (bicyclic) bond motifs is 1. The molecule has 2 N–H and O–H groups in total. The highest BCUT2D eigenvalue weighted by Crippen LogP contribution is 2.43. The van der Waals surface area contributed by atoms with Gasteiger partial charge in [-0.05, 0) is 60.2 Å². The fourth-order valence-electron chi connectivity index (χ4n) is 4.42. The summed E-state index contributed by atoms with van der Waals surface area (Å²) < 4.78 is 5.67. The predicted octanol–water partition coefficient (Wildman–Crippen LogP) is 3.72. The number of aromatic hydroxyl groups is 1. The number of nitrogens with zero attached hydrogens (tertiary/aromatic N) is 3. The van der Waals surface area contributed by atoms with E-state index in [2.05, 4.69) is 0 Å². The van der Waals surface area contributed by atoms with E-state index in [1.165, 1.54) is 17.0 Å². The smallest absolute Gasteiger partial charge is 0.300 e. The molecule has 1 atom stereocenters. The maximum Gasteiger partial charge on any atom is 0.300 e. The van der Waals surface area contributed by atoms with Gasteiger partial charge in [-0.1, -0.05) is 12.1 Å². The maximum absolute atomic E-state index is 13.3. The van der Waals surface area contributed by atoms with Gasteiger partial charge in [-0.15, -0.1) is 0 Å². The number of Topliss-reactive ketones (excluding diaryl/α,β-unsaturated/α-hetero) is 1. The van der Waals surface area contributed by atoms with Gasteiger partial charge in [0.2, 0.25) is 0 Å². The van der Waals surface area contributed by atoms with Crippen molar-refractivity contribution < 1.29 is 24.5 Å². The molecule has 5 rings (SSSR count). The molecular formula is C27H21N3O5. The summed E-state index contributed by atoms with van der Waals surface area (Å²) >= 11 is 0. The minimum atomic E-state index is -0.937. The number of anilines is 2. The number of benzene rings is 3. The molecule has 3 aromatic rings. The number of aliphatic hydroxyl groups is 1. The van der Waals surface area contributed by atoms with Gasteiger partial charge < -0.3 is 19.8 Å². The Bertz CT molecular complexity index is 1400. The van der Waals surface area contributed by atoms with Crippen LogP contribution in [0.4, 0.5) is 11.4 Å². The van der Waals surface area contributed by atoms with Gasteiger partial charge in [-0.3, -0.25) is 14.5 Å². The van der Waals surface area contributed by atoms with Gasteiger partial charge in [0.25, 0.3) is 11.7 Å². The number of ketones is 1. The molecule has 8 heteroatoms. The molecule has 0 aromatic heterocycles. The van der Waals surface area contributed by atoms with Gasteiger partial charge >= 0.3 is 0 Å². The molecule has 0 spiro atoms. The van der Waals surface area contributed by atoms with Crippen LogP contribution in [0.25, 0.3) is 5.76 Å². The molecular weight excluding hydrogens is 446 g/mol. The summed E-state index contributed by atoms with van der Waals surface area (Å²) in [5.41, 5.74) is 2.43. The highest BCUT2D eigenvalue weighted by atomic mass is 16.5. The number of aliphatic hydroxyl groups excluding tert-OH is 1. The summed E-state index contributed by atoms with van der Waals surface area (Å²) in [7, 11) is 1.91. The summed E-state index contributed by atoms with van der Waals surface area (Å²) in [4.78, 5) is 29.8. The van der Waals surface area contributed by atoms with Crippen LogP contribution in [-0.4, -0.2) is 42.1 Å². The number of ether oxygens (including phenoxy) is 1. The number of phenolic OH excluding ortho intramolecular Hbond substituents is 1. The van der Waals surface area contributed by atoms with Crippen LogP contribution < -0.4 is 14.5 Å². The van der Waals surface area contributed by atoms with Crippen LogP contribution in [0, 0.1) is 11.3 Å². The zero-order valence-corrected chi connectivity index (χ0v) is 18.8. The number of hydrogen-bond donors (Lipinski definition) is 2. The Kier molecular flexibility index (Phi) is 5.38. The third-order valence-electron chi connectivity index (χ3n) is 6.26. The second kappa shape index (κ2) is 8.54. The van der Waals surface area contributed by atoms with E-state index in [1.807, 2.05) is 18.0 Å². The third kappa shape index (κ3) is 3.73. The molecule has 0 saturated carbocycles. The molecule has 2 heterocycles. The highest BCUT2D eigenvalue weighted by molar-refractivity contribution is 6.51. The van der Waals surface area contributed by atoms with Crippen molar-refractivity contribution in [3.63, 3.8) is 0 Å². The van der Waals surface area contributed by atoms with Gasteiger partial charge in [-0.2, -0.15) is 5.26 Å². The van der Waals surface area contributed by atoms with Crippen molar-refractivity contribution >= 4 is 28.8 Å². The van der Waals surface area contributed by atoms with Crippen LogP contribution in [0.3, 0.4) is 0 Å². The Morgan fingerprint density at radius 3 is 2.46 bits per heavy atom. The lowest BCUT2D eigenvalue weighted by atomic mass is 9.94. The predicted molar refractivity (Wildman–Crippen MR) is 129 cm³/mol. The molecule has 1 amide bonds. The van der Waals surface area contributed by atoms with E-state index in [4.69, 9.17) is 10.00 Å². The van der Waals surface area contributed by atoms with E-state index < -0.39 is 17.7 Å². The Labute approximate surface area is 201 Å². The van der Waals surface area contributed by atoms with Crippen LogP contribution in [0.1, 0.15) is 22.7 Å². The van der Waals surface area contributed by atoms with Gasteiger partial charge in [0.15, 0.2) is 0 Å². The number of nitriles is 1. The number of hydrogen-bond acceptors (Lipinski definition) is 7. The zero-order valence-electron chi connectivity index (χ0n) is 18.8. The SMILES string of the molecule is CN1CCOc2ccc(/C(O)=C3/C(=O)C(=O)N(c4ccc(C#N)cc4)C3c3ccc(O)cc3)cc21. The fourth-order valence-corrected chi connectivity index (χ4v) is 4.42. The topological polar surface area (TPSA) is 114 Å². The molecule has 0 radical (unpaired) electrons. The van der Waals surface area contributed by atoms with Crippen molar-refractivity contribution in [3.8, 4) is 17.6 Å². The first kappa shape index (κ1) is 22.0. The summed E-state index contributed by atoms with van der Waals surface area (Å²) in [5, 5.41) is 30.3. The van der Waals surface area contributed by atoms with Crippen LogP contribution >= 0.6 is 0 Å². The first-order valence-corrected chi connectivity index (χ1v) is 11.0. The average Bonchev–Trinajstić information content (AvgIpc) is 3.14. The number of amides is 1. The van der Waals surface area contributed by atoms with Crippen molar-refractivity contribution in [2.45, 2.75) is 6.04 Å². The monoisotopic (exact) mass is 467 g/mol. The summed E-state index contributed by atoms with van der Waals surface area (Å²) in [5.74, 6) is -1.23. The quantitative estimate of drug-likeness (QED) is 0.343. The number of carbonyl (C=O) groups is 2. The standard InChI is InChI=1S/C27H21N3O5/c1-29-12-13-35-22-11-6-18(14-21(22)29)25(32)23-24(17-4-9-20(31)10-5-17)30(27(34)26(23)33)19-7-2-16(15-28)3-8-19/h2-11,14,24,31-32H,12-13H2,1H3/b25-23-. The van der Waals surface area contributed by atoms with E-state index >= 15 is 0 Å². The van der Waals surface area contributed by atoms with Crippen molar-refractivity contribution in [3.05, 3.63) is 89.0 Å². The average molecular weight is 467 g/mol. The second-order valence-corrected chi connectivity index (χ2v) is 8.37. The van der Waals surface area contributed by atoms with Crippen LogP contribution in [0.5, 0.6) is 11.5 Å². The van der Waals surface area contributed by atoms with E-state index in [0.29, 0.717) is 41.3 Å². The van der Waals surface area contributed by atoms with E-state index in [-0.39, 0.29) is 17.1 Å². The van der Waals surface area contributed by atoms with Gasteiger partial charge in [0, 0.05) is 18.3 Å². The van der Waals surface area contributed by atoms with E-state index in [9.17, 15) is 19.8 Å². The van der Waals surface area contributed by atoms with Crippen molar-refractivity contribution in [2.75, 3.05) is 30.0 Å². The number of phenols is 1. The Balaban J connectivity index is 1.68. The summed E-state index contributed by atoms with van der Waals surface area (Å²) in [6, 6.07) is 18.6. The molecule has 1 fully saturated rings. The van der Waals surface area contributed by atoms with Crippen molar-refractivity contribution in [1.82, 2.24) is 0 Å². The Hall–Kier alpha value is -4.77.